The number of rotatable bonds is 3. The predicted octanol–water partition coefficient (Wildman–Crippen LogP) is 3.50. The summed E-state index contributed by atoms with van der Waals surface area (Å²) in [6.45, 7) is 6.54. The van der Waals surface area contributed by atoms with Crippen LogP contribution in [0.2, 0.25) is 0 Å². The molecule has 1 atom stereocenters. The van der Waals surface area contributed by atoms with Crippen LogP contribution in [0.3, 0.4) is 0 Å². The summed E-state index contributed by atoms with van der Waals surface area (Å²) in [6.07, 6.45) is -0.0323. The fraction of sp³-hybridized carbons (Fsp3) is 0.316. The Morgan fingerprint density at radius 3 is 2.65 bits per heavy atom. The summed E-state index contributed by atoms with van der Waals surface area (Å²) in [4.78, 5) is 14.3. The van der Waals surface area contributed by atoms with E-state index in [4.69, 9.17) is 9.47 Å². The molecule has 1 amide bonds. The maximum atomic E-state index is 12.6. The van der Waals surface area contributed by atoms with E-state index in [2.05, 4.69) is 6.07 Å². The lowest BCUT2D eigenvalue weighted by molar-refractivity contribution is -0.121. The lowest BCUT2D eigenvalue weighted by Crippen LogP contribution is -2.44. The summed E-state index contributed by atoms with van der Waals surface area (Å²) in [5.74, 6) is 1.41. The number of fused-ring (bicyclic) bond motifs is 1. The molecule has 4 nitrogen and oxygen atoms in total. The van der Waals surface area contributed by atoms with Crippen molar-refractivity contribution in [1.29, 1.82) is 0 Å². The van der Waals surface area contributed by atoms with Crippen LogP contribution in [0.5, 0.6) is 11.5 Å². The van der Waals surface area contributed by atoms with Gasteiger partial charge in [-0.2, -0.15) is 0 Å². The highest BCUT2D eigenvalue weighted by Gasteiger charge is 2.27. The molecule has 1 aliphatic rings. The van der Waals surface area contributed by atoms with Crippen LogP contribution in [0.15, 0.2) is 42.5 Å². The first kappa shape index (κ1) is 15.4. The monoisotopic (exact) mass is 311 g/mol. The van der Waals surface area contributed by atoms with Crippen molar-refractivity contribution in [3.63, 3.8) is 0 Å². The lowest BCUT2D eigenvalue weighted by atomic mass is 10.1. The Labute approximate surface area is 136 Å². The van der Waals surface area contributed by atoms with Crippen molar-refractivity contribution in [2.45, 2.75) is 26.9 Å². The third-order valence-electron chi connectivity index (χ3n) is 3.78. The molecule has 2 aromatic rings. The zero-order valence-corrected chi connectivity index (χ0v) is 13.7. The lowest BCUT2D eigenvalue weighted by Gasteiger charge is -2.33. The van der Waals surface area contributed by atoms with Gasteiger partial charge in [-0.15, -0.1) is 0 Å². The molecule has 3 rings (SSSR count). The molecule has 0 saturated heterocycles. The van der Waals surface area contributed by atoms with Gasteiger partial charge in [-0.05, 0) is 56.2 Å². The van der Waals surface area contributed by atoms with Crippen LogP contribution in [0.1, 0.15) is 18.1 Å². The Hall–Kier alpha value is -2.49. The molecule has 0 bridgehead atoms. The number of benzene rings is 2. The predicted molar refractivity (Wildman–Crippen MR) is 90.3 cm³/mol. The molecule has 0 aromatic heterocycles. The first-order valence-electron chi connectivity index (χ1n) is 7.80. The SMILES string of the molecule is Cc1cc(C)cc(OCC(=O)N2C[C@H](C)Oc3ccccc32)c1. The van der Waals surface area contributed by atoms with Gasteiger partial charge in [-0.1, -0.05) is 18.2 Å². The quantitative estimate of drug-likeness (QED) is 0.871. The standard InChI is InChI=1S/C19H21NO3/c1-13-8-14(2)10-16(9-13)22-12-19(21)20-11-15(3)23-18-7-5-4-6-17(18)20/h4-10,15H,11-12H2,1-3H3/t15-/m0/s1. The zero-order chi connectivity index (χ0) is 16.4. The summed E-state index contributed by atoms with van der Waals surface area (Å²) in [7, 11) is 0. The highest BCUT2D eigenvalue weighted by molar-refractivity contribution is 5.96. The van der Waals surface area contributed by atoms with E-state index < -0.39 is 0 Å². The maximum absolute atomic E-state index is 12.6. The second-order valence-corrected chi connectivity index (χ2v) is 6.01. The molecule has 23 heavy (non-hydrogen) atoms. The summed E-state index contributed by atoms with van der Waals surface area (Å²) in [5.41, 5.74) is 3.05. The number of amides is 1. The Morgan fingerprint density at radius 2 is 1.91 bits per heavy atom. The largest absolute Gasteiger partial charge is 0.487 e. The van der Waals surface area contributed by atoms with Crippen LogP contribution in [0, 0.1) is 13.8 Å². The highest BCUT2D eigenvalue weighted by Crippen LogP contribution is 2.33. The van der Waals surface area contributed by atoms with E-state index >= 15 is 0 Å². The van der Waals surface area contributed by atoms with Gasteiger partial charge in [0, 0.05) is 0 Å². The molecule has 0 N–H and O–H groups in total. The number of anilines is 1. The Bertz CT molecular complexity index is 706. The van der Waals surface area contributed by atoms with Gasteiger partial charge in [0.05, 0.1) is 12.2 Å². The molecule has 0 saturated carbocycles. The molecular weight excluding hydrogens is 290 g/mol. The van der Waals surface area contributed by atoms with Gasteiger partial charge in [-0.3, -0.25) is 4.79 Å². The van der Waals surface area contributed by atoms with Gasteiger partial charge in [0.1, 0.15) is 17.6 Å². The second-order valence-electron chi connectivity index (χ2n) is 6.01. The summed E-state index contributed by atoms with van der Waals surface area (Å²) in [6, 6.07) is 13.6. The summed E-state index contributed by atoms with van der Waals surface area (Å²) in [5, 5.41) is 0. The topological polar surface area (TPSA) is 38.8 Å². The molecule has 0 unspecified atom stereocenters. The molecule has 2 aromatic carbocycles. The zero-order valence-electron chi connectivity index (χ0n) is 13.7. The minimum atomic E-state index is -0.0632. The van der Waals surface area contributed by atoms with E-state index in [0.717, 1.165) is 28.3 Å². The maximum Gasteiger partial charge on any atom is 0.265 e. The van der Waals surface area contributed by atoms with Crippen LogP contribution in [-0.2, 0) is 4.79 Å². The third kappa shape index (κ3) is 3.47. The van der Waals surface area contributed by atoms with Crippen molar-refractivity contribution >= 4 is 11.6 Å². The fourth-order valence-corrected chi connectivity index (χ4v) is 2.86. The van der Waals surface area contributed by atoms with E-state index in [0.29, 0.717) is 6.54 Å². The number of carbonyl (C=O) groups excluding carboxylic acids is 1. The summed E-state index contributed by atoms with van der Waals surface area (Å²) < 4.78 is 11.5. The second kappa shape index (κ2) is 6.32. The molecule has 0 radical (unpaired) electrons. The first-order chi connectivity index (χ1) is 11.0. The van der Waals surface area contributed by atoms with Crippen molar-refractivity contribution in [1.82, 2.24) is 0 Å². The third-order valence-corrected chi connectivity index (χ3v) is 3.78. The van der Waals surface area contributed by atoms with Gasteiger partial charge in [0.25, 0.3) is 5.91 Å². The van der Waals surface area contributed by atoms with E-state index in [1.165, 1.54) is 0 Å². The Morgan fingerprint density at radius 1 is 1.22 bits per heavy atom. The molecule has 1 aliphatic heterocycles. The number of nitrogens with zero attached hydrogens (tertiary/aromatic N) is 1. The Balaban J connectivity index is 1.73. The van der Waals surface area contributed by atoms with Crippen LogP contribution >= 0.6 is 0 Å². The van der Waals surface area contributed by atoms with Crippen LogP contribution in [-0.4, -0.2) is 25.2 Å². The summed E-state index contributed by atoms with van der Waals surface area (Å²) >= 11 is 0. The van der Waals surface area contributed by atoms with Gasteiger partial charge < -0.3 is 14.4 Å². The van der Waals surface area contributed by atoms with Crippen LogP contribution < -0.4 is 14.4 Å². The molecular formula is C19H21NO3. The number of ether oxygens (including phenoxy) is 2. The molecule has 120 valence electrons. The van der Waals surface area contributed by atoms with Crippen LogP contribution in [0.25, 0.3) is 0 Å². The number of carbonyl (C=O) groups is 1. The van der Waals surface area contributed by atoms with Crippen molar-refractivity contribution in [3.8, 4) is 11.5 Å². The first-order valence-corrected chi connectivity index (χ1v) is 7.80. The molecule has 4 heteroatoms. The minimum Gasteiger partial charge on any atom is -0.487 e. The number of hydrogen-bond acceptors (Lipinski definition) is 3. The van der Waals surface area contributed by atoms with Gasteiger partial charge in [-0.25, -0.2) is 0 Å². The van der Waals surface area contributed by atoms with Crippen molar-refractivity contribution < 1.29 is 14.3 Å². The molecule has 0 fully saturated rings. The average Bonchev–Trinajstić information content (AvgIpc) is 2.51. The van der Waals surface area contributed by atoms with Gasteiger partial charge in [0.2, 0.25) is 0 Å². The minimum absolute atomic E-state index is 0.0178. The van der Waals surface area contributed by atoms with E-state index in [1.54, 1.807) is 4.90 Å². The number of para-hydroxylation sites is 2. The van der Waals surface area contributed by atoms with Gasteiger partial charge in [0.15, 0.2) is 6.61 Å². The average molecular weight is 311 g/mol. The van der Waals surface area contributed by atoms with Gasteiger partial charge >= 0.3 is 0 Å². The number of aryl methyl sites for hydroxylation is 2. The van der Waals surface area contributed by atoms with Crippen molar-refractivity contribution in [3.05, 3.63) is 53.6 Å². The Kier molecular flexibility index (Phi) is 4.24. The molecule has 1 heterocycles. The van der Waals surface area contributed by atoms with Crippen LogP contribution in [0.4, 0.5) is 5.69 Å². The smallest absolute Gasteiger partial charge is 0.265 e. The highest BCUT2D eigenvalue weighted by atomic mass is 16.5. The van der Waals surface area contributed by atoms with Crippen molar-refractivity contribution in [2.24, 2.45) is 0 Å². The van der Waals surface area contributed by atoms with E-state index in [-0.39, 0.29) is 18.6 Å². The fourth-order valence-electron chi connectivity index (χ4n) is 2.86. The normalized spacial score (nSPS) is 16.5. The van der Waals surface area contributed by atoms with E-state index in [9.17, 15) is 4.79 Å². The van der Waals surface area contributed by atoms with Crippen molar-refractivity contribution in [2.75, 3.05) is 18.1 Å². The molecule has 0 aliphatic carbocycles. The number of hydrogen-bond donors (Lipinski definition) is 0. The molecule has 0 spiro atoms. The van der Waals surface area contributed by atoms with E-state index in [1.807, 2.05) is 57.2 Å².